The normalized spacial score (nSPS) is 9.87. The number of carboxylic acid groups (broad SMARTS) is 1. The molecule has 15 heavy (non-hydrogen) atoms. The topological polar surface area (TPSA) is 75.1 Å². The van der Waals surface area contributed by atoms with E-state index < -0.39 is 5.97 Å². The molecule has 2 N–H and O–H groups in total. The summed E-state index contributed by atoms with van der Waals surface area (Å²) in [7, 11) is 0. The van der Waals surface area contributed by atoms with Gasteiger partial charge in [0.25, 0.3) is 0 Å². The highest BCUT2D eigenvalue weighted by atomic mass is 16.4. The summed E-state index contributed by atoms with van der Waals surface area (Å²) in [5, 5.41) is 11.5. The molecule has 0 unspecified atom stereocenters. The molecule has 0 aliphatic carbocycles. The third-order valence-electron chi connectivity index (χ3n) is 1.96. The first-order chi connectivity index (χ1) is 7.29. The van der Waals surface area contributed by atoms with Gasteiger partial charge >= 0.3 is 5.97 Å². The van der Waals surface area contributed by atoms with Crippen molar-refractivity contribution in [2.24, 2.45) is 0 Å². The van der Waals surface area contributed by atoms with Crippen LogP contribution in [0.3, 0.4) is 0 Å². The largest absolute Gasteiger partial charge is 0.481 e. The second-order valence-corrected chi connectivity index (χ2v) is 3.23. The van der Waals surface area contributed by atoms with Crippen LogP contribution in [0, 0.1) is 0 Å². The maximum atomic E-state index is 10.2. The average Bonchev–Trinajstić information content (AvgIpc) is 2.24. The molecular weight excluding hydrogens is 194 g/mol. The molecule has 5 heteroatoms. The van der Waals surface area contributed by atoms with E-state index in [-0.39, 0.29) is 6.42 Å². The third kappa shape index (κ3) is 5.61. The molecule has 0 spiro atoms. The Bertz CT molecular complexity index is 290. The van der Waals surface area contributed by atoms with Crippen LogP contribution < -0.4 is 5.32 Å². The maximum Gasteiger partial charge on any atom is 0.303 e. The zero-order valence-corrected chi connectivity index (χ0v) is 8.52. The van der Waals surface area contributed by atoms with Crippen molar-refractivity contribution >= 4 is 11.8 Å². The summed E-state index contributed by atoms with van der Waals surface area (Å²) in [6, 6.07) is 1.80. The zero-order valence-electron chi connectivity index (χ0n) is 8.52. The highest BCUT2D eigenvalue weighted by Gasteiger charge is 1.96. The molecule has 0 atom stereocenters. The molecule has 0 saturated carbocycles. The summed E-state index contributed by atoms with van der Waals surface area (Å²) >= 11 is 0. The van der Waals surface area contributed by atoms with E-state index in [1.807, 2.05) is 0 Å². The SMILES string of the molecule is O=C(O)CCCCCNc1ccncn1. The molecule has 5 nitrogen and oxygen atoms in total. The Kier molecular flexibility index (Phi) is 5.14. The van der Waals surface area contributed by atoms with E-state index in [1.54, 1.807) is 12.3 Å². The van der Waals surface area contributed by atoms with Crippen LogP contribution in [0.4, 0.5) is 5.82 Å². The molecule has 0 aliphatic heterocycles. The van der Waals surface area contributed by atoms with Crippen molar-refractivity contribution < 1.29 is 9.90 Å². The number of carboxylic acids is 1. The van der Waals surface area contributed by atoms with Gasteiger partial charge in [-0.15, -0.1) is 0 Å². The van der Waals surface area contributed by atoms with Crippen molar-refractivity contribution in [2.75, 3.05) is 11.9 Å². The molecule has 0 aliphatic rings. The second kappa shape index (κ2) is 6.75. The molecule has 82 valence electrons. The van der Waals surface area contributed by atoms with Crippen molar-refractivity contribution in [1.29, 1.82) is 0 Å². The van der Waals surface area contributed by atoms with Gasteiger partial charge in [0.05, 0.1) is 0 Å². The monoisotopic (exact) mass is 209 g/mol. The van der Waals surface area contributed by atoms with Crippen molar-refractivity contribution in [3.8, 4) is 0 Å². The minimum atomic E-state index is -0.723. The minimum Gasteiger partial charge on any atom is -0.481 e. The van der Waals surface area contributed by atoms with Crippen LogP contribution in [-0.2, 0) is 4.79 Å². The van der Waals surface area contributed by atoms with E-state index in [1.165, 1.54) is 6.33 Å². The van der Waals surface area contributed by atoms with Crippen LogP contribution in [0.5, 0.6) is 0 Å². The van der Waals surface area contributed by atoms with E-state index in [2.05, 4.69) is 15.3 Å². The summed E-state index contributed by atoms with van der Waals surface area (Å²) in [6.07, 6.45) is 6.04. The first-order valence-electron chi connectivity index (χ1n) is 5.01. The number of aromatic nitrogens is 2. The lowest BCUT2D eigenvalue weighted by molar-refractivity contribution is -0.137. The van der Waals surface area contributed by atoms with Gasteiger partial charge in [-0.05, 0) is 18.9 Å². The molecule has 1 rings (SSSR count). The summed E-state index contributed by atoms with van der Waals surface area (Å²) in [5.41, 5.74) is 0. The van der Waals surface area contributed by atoms with Gasteiger partial charge in [-0.2, -0.15) is 0 Å². The Labute approximate surface area is 88.6 Å². The Balaban J connectivity index is 2.00. The Hall–Kier alpha value is -1.65. The number of rotatable bonds is 7. The van der Waals surface area contributed by atoms with Crippen LogP contribution >= 0.6 is 0 Å². The Morgan fingerprint density at radius 1 is 1.40 bits per heavy atom. The predicted molar refractivity (Wildman–Crippen MR) is 56.6 cm³/mol. The number of carbonyl (C=O) groups is 1. The minimum absolute atomic E-state index is 0.257. The fraction of sp³-hybridized carbons (Fsp3) is 0.500. The van der Waals surface area contributed by atoms with Gasteiger partial charge in [0.2, 0.25) is 0 Å². The summed E-state index contributed by atoms with van der Waals surface area (Å²) in [6.45, 7) is 0.816. The van der Waals surface area contributed by atoms with Crippen molar-refractivity contribution in [3.63, 3.8) is 0 Å². The number of nitrogens with zero attached hydrogens (tertiary/aromatic N) is 2. The first kappa shape index (κ1) is 11.4. The standard InChI is InChI=1S/C10H15N3O2/c14-10(15)4-2-1-3-6-12-9-5-7-11-8-13-9/h5,7-8H,1-4,6H2,(H,14,15)(H,11,12,13). The van der Waals surface area contributed by atoms with Gasteiger partial charge in [0, 0.05) is 19.2 Å². The lowest BCUT2D eigenvalue weighted by Gasteiger charge is -2.03. The van der Waals surface area contributed by atoms with E-state index in [4.69, 9.17) is 5.11 Å². The molecule has 0 fully saturated rings. The van der Waals surface area contributed by atoms with Crippen molar-refractivity contribution in [3.05, 3.63) is 18.6 Å². The van der Waals surface area contributed by atoms with Gasteiger partial charge in [0.1, 0.15) is 12.1 Å². The first-order valence-corrected chi connectivity index (χ1v) is 5.01. The fourth-order valence-electron chi connectivity index (χ4n) is 1.19. The van der Waals surface area contributed by atoms with Gasteiger partial charge in [0.15, 0.2) is 0 Å². The van der Waals surface area contributed by atoms with E-state index in [0.717, 1.165) is 31.6 Å². The smallest absolute Gasteiger partial charge is 0.303 e. The molecule has 0 radical (unpaired) electrons. The van der Waals surface area contributed by atoms with Gasteiger partial charge in [-0.3, -0.25) is 4.79 Å². The molecule has 1 heterocycles. The Morgan fingerprint density at radius 2 is 2.27 bits per heavy atom. The number of hydrogen-bond acceptors (Lipinski definition) is 4. The van der Waals surface area contributed by atoms with Crippen molar-refractivity contribution in [2.45, 2.75) is 25.7 Å². The molecule has 0 amide bonds. The molecule has 0 saturated heterocycles. The molecule has 1 aromatic rings. The molecule has 0 bridgehead atoms. The third-order valence-corrected chi connectivity index (χ3v) is 1.96. The number of hydrogen-bond donors (Lipinski definition) is 2. The van der Waals surface area contributed by atoms with E-state index in [9.17, 15) is 4.79 Å². The van der Waals surface area contributed by atoms with Crippen LogP contribution in [0.15, 0.2) is 18.6 Å². The zero-order chi connectivity index (χ0) is 10.9. The molecular formula is C10H15N3O2. The lowest BCUT2D eigenvalue weighted by atomic mass is 10.2. The maximum absolute atomic E-state index is 10.2. The van der Waals surface area contributed by atoms with E-state index >= 15 is 0 Å². The number of unbranched alkanes of at least 4 members (excludes halogenated alkanes) is 2. The van der Waals surface area contributed by atoms with Gasteiger partial charge in [-0.1, -0.05) is 6.42 Å². The van der Waals surface area contributed by atoms with E-state index in [0.29, 0.717) is 0 Å². The second-order valence-electron chi connectivity index (χ2n) is 3.23. The fourth-order valence-corrected chi connectivity index (χ4v) is 1.19. The van der Waals surface area contributed by atoms with Crippen LogP contribution in [0.2, 0.25) is 0 Å². The average molecular weight is 209 g/mol. The highest BCUT2D eigenvalue weighted by Crippen LogP contribution is 2.02. The molecule has 1 aromatic heterocycles. The summed E-state index contributed by atoms with van der Waals surface area (Å²) < 4.78 is 0. The summed E-state index contributed by atoms with van der Waals surface area (Å²) in [5.74, 6) is 0.0852. The predicted octanol–water partition coefficient (Wildman–Crippen LogP) is 1.53. The van der Waals surface area contributed by atoms with Gasteiger partial charge < -0.3 is 10.4 Å². The lowest BCUT2D eigenvalue weighted by Crippen LogP contribution is -2.03. The summed E-state index contributed by atoms with van der Waals surface area (Å²) in [4.78, 5) is 18.0. The number of nitrogens with one attached hydrogen (secondary N) is 1. The highest BCUT2D eigenvalue weighted by molar-refractivity contribution is 5.66. The van der Waals surface area contributed by atoms with Gasteiger partial charge in [-0.25, -0.2) is 9.97 Å². The van der Waals surface area contributed by atoms with Crippen LogP contribution in [0.1, 0.15) is 25.7 Å². The number of anilines is 1. The van der Waals surface area contributed by atoms with Crippen LogP contribution in [0.25, 0.3) is 0 Å². The Morgan fingerprint density at radius 3 is 2.93 bits per heavy atom. The van der Waals surface area contributed by atoms with Crippen molar-refractivity contribution in [1.82, 2.24) is 9.97 Å². The molecule has 0 aromatic carbocycles. The number of aliphatic carboxylic acids is 1. The quantitative estimate of drug-likeness (QED) is 0.666. The van der Waals surface area contributed by atoms with Crippen LogP contribution in [-0.4, -0.2) is 27.6 Å².